The number of aromatic nitrogens is 2. The van der Waals surface area contributed by atoms with Gasteiger partial charge >= 0.3 is 6.03 Å². The second kappa shape index (κ2) is 6.37. The summed E-state index contributed by atoms with van der Waals surface area (Å²) in [6, 6.07) is 0.692. The minimum absolute atomic E-state index is 0.100. The van der Waals surface area contributed by atoms with Crippen molar-refractivity contribution in [2.45, 2.75) is 18.2 Å². The van der Waals surface area contributed by atoms with Crippen LogP contribution in [-0.2, 0) is 9.59 Å². The number of hydrogen-bond donors (Lipinski definition) is 1. The number of fused-ring (bicyclic) bond motifs is 1. The van der Waals surface area contributed by atoms with Gasteiger partial charge in [0.15, 0.2) is 0 Å². The smallest absolute Gasteiger partial charge is 0.350 e. The number of hydrogen-bond acceptors (Lipinski definition) is 5. The van der Waals surface area contributed by atoms with Gasteiger partial charge in [0.25, 0.3) is 0 Å². The lowest BCUT2D eigenvalue weighted by Crippen LogP contribution is -2.49. The number of amides is 4. The van der Waals surface area contributed by atoms with Crippen molar-refractivity contribution >= 4 is 35.3 Å². The van der Waals surface area contributed by atoms with Crippen LogP contribution in [0, 0.1) is 0 Å². The second-order valence-electron chi connectivity index (χ2n) is 5.08. The van der Waals surface area contributed by atoms with Crippen LogP contribution >= 0.6 is 11.8 Å². The summed E-state index contributed by atoms with van der Waals surface area (Å²) in [6.45, 7) is 2.00. The number of thioether (sulfide) groups is 1. The molecule has 4 amide bonds. The third kappa shape index (κ3) is 3.04. The Hall–Kier alpha value is -2.42. The maximum absolute atomic E-state index is 12.3. The quantitative estimate of drug-likeness (QED) is 0.851. The van der Waals surface area contributed by atoms with Gasteiger partial charge < -0.3 is 5.32 Å². The highest BCUT2D eigenvalue weighted by Gasteiger charge is 2.38. The van der Waals surface area contributed by atoms with E-state index in [-0.39, 0.29) is 24.9 Å². The molecule has 2 atom stereocenters. The summed E-state index contributed by atoms with van der Waals surface area (Å²) in [5, 5.41) is 8.02. The summed E-state index contributed by atoms with van der Waals surface area (Å²) in [5.74, 6) is -0.518. The summed E-state index contributed by atoms with van der Waals surface area (Å²) in [7, 11) is 0. The number of rotatable bonds is 5. The third-order valence-electron chi connectivity index (χ3n) is 3.60. The van der Waals surface area contributed by atoms with Gasteiger partial charge in [-0.3, -0.25) is 19.2 Å². The van der Waals surface area contributed by atoms with Gasteiger partial charge in [-0.25, -0.2) is 4.79 Å². The number of carbonyl (C=O) groups excluding carboxylic acids is 3. The van der Waals surface area contributed by atoms with Crippen molar-refractivity contribution in [3.05, 3.63) is 29.9 Å². The Balaban J connectivity index is 1.54. The molecule has 8 nitrogen and oxygen atoms in total. The van der Waals surface area contributed by atoms with Gasteiger partial charge in [-0.15, -0.1) is 11.8 Å². The van der Waals surface area contributed by atoms with E-state index in [9.17, 15) is 14.4 Å². The van der Waals surface area contributed by atoms with Gasteiger partial charge in [0.2, 0.25) is 11.8 Å². The lowest BCUT2D eigenvalue weighted by molar-refractivity contribution is -0.128. The minimum atomic E-state index is -0.581. The van der Waals surface area contributed by atoms with Crippen LogP contribution in [0.25, 0.3) is 0 Å². The summed E-state index contributed by atoms with van der Waals surface area (Å²) in [5.41, 5.74) is 0.498. The van der Waals surface area contributed by atoms with Gasteiger partial charge in [-0.1, -0.05) is 0 Å². The van der Waals surface area contributed by atoms with Gasteiger partial charge in [-0.05, 0) is 24.5 Å². The maximum atomic E-state index is 12.3. The highest BCUT2D eigenvalue weighted by molar-refractivity contribution is 8.04. The van der Waals surface area contributed by atoms with Crippen molar-refractivity contribution in [2.75, 3.05) is 13.1 Å². The Morgan fingerprint density at radius 2 is 2.30 bits per heavy atom. The fourth-order valence-electron chi connectivity index (χ4n) is 2.31. The minimum Gasteiger partial charge on any atom is -0.352 e. The molecule has 1 aromatic rings. The summed E-state index contributed by atoms with van der Waals surface area (Å²) in [4.78, 5) is 41.1. The number of imide groups is 1. The Kier molecular flexibility index (Phi) is 4.28. The third-order valence-corrected chi connectivity index (χ3v) is 4.61. The molecule has 0 saturated carbocycles. The van der Waals surface area contributed by atoms with Crippen LogP contribution in [0.5, 0.6) is 0 Å². The molecule has 2 unspecified atom stereocenters. The molecule has 2 aliphatic rings. The lowest BCUT2D eigenvalue weighted by atomic mass is 10.2. The second-order valence-corrected chi connectivity index (χ2v) is 6.10. The monoisotopic (exact) mass is 333 g/mol. The molecule has 3 rings (SSSR count). The fourth-order valence-corrected chi connectivity index (χ4v) is 3.20. The van der Waals surface area contributed by atoms with Crippen LogP contribution < -0.4 is 5.32 Å². The molecule has 0 saturated heterocycles. The van der Waals surface area contributed by atoms with Crippen molar-refractivity contribution in [3.8, 4) is 0 Å². The van der Waals surface area contributed by atoms with Crippen LogP contribution in [0.2, 0.25) is 0 Å². The molecule has 0 radical (unpaired) electrons. The van der Waals surface area contributed by atoms with E-state index in [4.69, 9.17) is 0 Å². The van der Waals surface area contributed by atoms with E-state index < -0.39 is 17.3 Å². The van der Waals surface area contributed by atoms with E-state index >= 15 is 0 Å². The van der Waals surface area contributed by atoms with Gasteiger partial charge in [0.1, 0.15) is 11.3 Å². The standard InChI is InChI=1S/C14H15N5O3S/c1-9(19-6-2-4-16-19)12(20)15-5-7-18-13(21)11-10(3-8-23-11)17-14(18)22/h2-4,6,8-9,11H,5,7H2,1H3,(H,15,20). The molecule has 23 heavy (non-hydrogen) atoms. The van der Waals surface area contributed by atoms with E-state index in [1.54, 1.807) is 36.9 Å². The molecule has 1 N–H and O–H groups in total. The van der Waals surface area contributed by atoms with E-state index in [1.165, 1.54) is 16.4 Å². The molecular formula is C14H15N5O3S. The van der Waals surface area contributed by atoms with E-state index in [2.05, 4.69) is 15.4 Å². The molecular weight excluding hydrogens is 318 g/mol. The average molecular weight is 333 g/mol. The number of nitrogens with one attached hydrogen (secondary N) is 1. The van der Waals surface area contributed by atoms with Crippen molar-refractivity contribution in [1.29, 1.82) is 0 Å². The van der Waals surface area contributed by atoms with Crippen molar-refractivity contribution < 1.29 is 14.4 Å². The molecule has 0 aliphatic carbocycles. The highest BCUT2D eigenvalue weighted by atomic mass is 32.2. The molecule has 0 spiro atoms. The topological polar surface area (TPSA) is 96.7 Å². The Bertz CT molecular complexity index is 697. The lowest BCUT2D eigenvalue weighted by Gasteiger charge is -2.26. The molecule has 2 aliphatic heterocycles. The summed E-state index contributed by atoms with van der Waals surface area (Å²) < 4.78 is 1.53. The van der Waals surface area contributed by atoms with Crippen LogP contribution in [0.15, 0.2) is 34.9 Å². The van der Waals surface area contributed by atoms with E-state index in [1.807, 2.05) is 0 Å². The molecule has 3 heterocycles. The van der Waals surface area contributed by atoms with Crippen LogP contribution in [0.1, 0.15) is 13.0 Å². The molecule has 120 valence electrons. The fraction of sp³-hybridized carbons (Fsp3) is 0.357. The molecule has 1 aromatic heterocycles. The Morgan fingerprint density at radius 1 is 1.48 bits per heavy atom. The highest BCUT2D eigenvalue weighted by Crippen LogP contribution is 2.27. The van der Waals surface area contributed by atoms with Crippen molar-refractivity contribution in [2.24, 2.45) is 4.99 Å². The zero-order valence-electron chi connectivity index (χ0n) is 12.4. The van der Waals surface area contributed by atoms with Crippen molar-refractivity contribution in [1.82, 2.24) is 20.0 Å². The summed E-state index contributed by atoms with van der Waals surface area (Å²) in [6.07, 6.45) is 4.97. The zero-order chi connectivity index (χ0) is 16.4. The van der Waals surface area contributed by atoms with Gasteiger partial charge in [0.05, 0.1) is 5.71 Å². The van der Waals surface area contributed by atoms with Crippen molar-refractivity contribution in [3.63, 3.8) is 0 Å². The molecule has 9 heteroatoms. The zero-order valence-corrected chi connectivity index (χ0v) is 13.2. The first kappa shape index (κ1) is 15.5. The largest absolute Gasteiger partial charge is 0.352 e. The van der Waals surface area contributed by atoms with Gasteiger partial charge in [0, 0.05) is 25.5 Å². The summed E-state index contributed by atoms with van der Waals surface area (Å²) >= 11 is 1.33. The number of urea groups is 1. The predicted molar refractivity (Wildman–Crippen MR) is 85.0 cm³/mol. The molecule has 0 fully saturated rings. The first-order valence-corrected chi connectivity index (χ1v) is 8.05. The Labute approximate surface area is 136 Å². The van der Waals surface area contributed by atoms with Crippen LogP contribution in [0.3, 0.4) is 0 Å². The Morgan fingerprint density at radius 3 is 3.04 bits per heavy atom. The van der Waals surface area contributed by atoms with Crippen LogP contribution in [0.4, 0.5) is 4.79 Å². The maximum Gasteiger partial charge on any atom is 0.350 e. The number of aliphatic imine (C=N–C) groups is 1. The SMILES string of the molecule is CC(C(=O)NCCN1C(=O)N=C2C=CSC2C1=O)n1cccn1. The van der Waals surface area contributed by atoms with E-state index in [0.717, 1.165) is 4.90 Å². The van der Waals surface area contributed by atoms with Crippen LogP contribution in [-0.4, -0.2) is 56.6 Å². The first-order chi connectivity index (χ1) is 11.1. The normalized spacial score (nSPS) is 21.2. The average Bonchev–Trinajstić information content (AvgIpc) is 3.20. The number of allylic oxidation sites excluding steroid dienone is 1. The van der Waals surface area contributed by atoms with Gasteiger partial charge in [-0.2, -0.15) is 10.1 Å². The predicted octanol–water partition coefficient (Wildman–Crippen LogP) is 0.593. The number of carbonyl (C=O) groups is 3. The molecule has 0 bridgehead atoms. The van der Waals surface area contributed by atoms with E-state index in [0.29, 0.717) is 5.71 Å². The number of nitrogens with zero attached hydrogens (tertiary/aromatic N) is 4. The first-order valence-electron chi connectivity index (χ1n) is 7.10. The molecule has 0 aromatic carbocycles.